The fourth-order valence-electron chi connectivity index (χ4n) is 3.47. The fourth-order valence-corrected chi connectivity index (χ4v) is 3.47. The van der Waals surface area contributed by atoms with E-state index in [1.165, 1.54) is 17.7 Å². The van der Waals surface area contributed by atoms with Gasteiger partial charge in [-0.05, 0) is 37.1 Å². The lowest BCUT2D eigenvalue weighted by molar-refractivity contribution is -0.146. The van der Waals surface area contributed by atoms with Gasteiger partial charge in [0.2, 0.25) is 0 Å². The Kier molecular flexibility index (Phi) is 4.85. The smallest absolute Gasteiger partial charge is 0.416 e. The number of hydrogen-bond donors (Lipinski definition) is 0. The topological polar surface area (TPSA) is 72.6 Å². The predicted molar refractivity (Wildman–Crippen MR) is 98.2 cm³/mol. The van der Waals surface area contributed by atoms with Crippen LogP contribution < -0.4 is 4.90 Å². The standard InChI is InChI=1S/C19H18F3N5O2/c1-29-18(28)12-7-9-26(10-8-12)16-6-5-15-23-24-17(27(15)25-16)13-3-2-4-14(11-13)19(20,21)22/h2-6,11-12H,7-10H2,1H3. The Labute approximate surface area is 164 Å². The van der Waals surface area contributed by atoms with Crippen molar-refractivity contribution in [3.8, 4) is 11.4 Å². The summed E-state index contributed by atoms with van der Waals surface area (Å²) in [5, 5.41) is 12.6. The highest BCUT2D eigenvalue weighted by atomic mass is 19.4. The van der Waals surface area contributed by atoms with Crippen LogP contribution in [0, 0.1) is 5.92 Å². The molecule has 0 unspecified atom stereocenters. The van der Waals surface area contributed by atoms with Crippen molar-refractivity contribution in [1.82, 2.24) is 19.8 Å². The molecule has 7 nitrogen and oxygen atoms in total. The molecule has 10 heteroatoms. The van der Waals surface area contributed by atoms with E-state index in [-0.39, 0.29) is 23.3 Å². The summed E-state index contributed by atoms with van der Waals surface area (Å²) >= 11 is 0. The summed E-state index contributed by atoms with van der Waals surface area (Å²) < 4.78 is 45.4. The molecule has 0 bridgehead atoms. The van der Waals surface area contributed by atoms with Gasteiger partial charge >= 0.3 is 12.1 Å². The zero-order valence-corrected chi connectivity index (χ0v) is 15.6. The molecule has 0 amide bonds. The number of esters is 1. The lowest BCUT2D eigenvalue weighted by Crippen LogP contribution is -2.37. The number of methoxy groups -OCH3 is 1. The van der Waals surface area contributed by atoms with Crippen LogP contribution in [0.5, 0.6) is 0 Å². The van der Waals surface area contributed by atoms with E-state index in [9.17, 15) is 18.0 Å². The van der Waals surface area contributed by atoms with Crippen molar-refractivity contribution >= 4 is 17.4 Å². The number of benzene rings is 1. The molecule has 0 spiro atoms. The Morgan fingerprint density at radius 3 is 2.59 bits per heavy atom. The van der Waals surface area contributed by atoms with E-state index in [4.69, 9.17) is 4.74 Å². The summed E-state index contributed by atoms with van der Waals surface area (Å²) in [6.45, 7) is 1.25. The van der Waals surface area contributed by atoms with Crippen LogP contribution in [0.1, 0.15) is 18.4 Å². The molecule has 1 fully saturated rings. The second kappa shape index (κ2) is 7.34. The summed E-state index contributed by atoms with van der Waals surface area (Å²) in [4.78, 5) is 13.7. The highest BCUT2D eigenvalue weighted by Gasteiger charge is 2.31. The Balaban J connectivity index is 1.63. The van der Waals surface area contributed by atoms with E-state index < -0.39 is 11.7 Å². The molecule has 1 saturated heterocycles. The minimum absolute atomic E-state index is 0.129. The number of carbonyl (C=O) groups excluding carboxylic acids is 1. The SMILES string of the molecule is COC(=O)C1CCN(c2ccc3nnc(-c4cccc(C(F)(F)F)c4)n3n2)CC1. The van der Waals surface area contributed by atoms with Gasteiger partial charge in [-0.25, -0.2) is 0 Å². The van der Waals surface area contributed by atoms with Crippen molar-refractivity contribution in [3.05, 3.63) is 42.0 Å². The molecule has 152 valence electrons. The van der Waals surface area contributed by atoms with Gasteiger partial charge in [-0.15, -0.1) is 15.3 Å². The Hall–Kier alpha value is -3.17. The number of nitrogens with zero attached hydrogens (tertiary/aromatic N) is 5. The minimum atomic E-state index is -4.45. The number of halogens is 3. The van der Waals surface area contributed by atoms with Crippen molar-refractivity contribution in [1.29, 1.82) is 0 Å². The zero-order valence-electron chi connectivity index (χ0n) is 15.6. The highest BCUT2D eigenvalue weighted by Crippen LogP contribution is 2.32. The molecule has 29 heavy (non-hydrogen) atoms. The lowest BCUT2D eigenvalue weighted by Gasteiger charge is -2.31. The molecule has 0 radical (unpaired) electrons. The van der Waals surface area contributed by atoms with Crippen molar-refractivity contribution in [3.63, 3.8) is 0 Å². The molecule has 3 aromatic rings. The third kappa shape index (κ3) is 3.74. The highest BCUT2D eigenvalue weighted by molar-refractivity contribution is 5.72. The van der Waals surface area contributed by atoms with E-state index in [2.05, 4.69) is 15.3 Å². The van der Waals surface area contributed by atoms with Crippen LogP contribution in [-0.4, -0.2) is 46.0 Å². The molecule has 2 aromatic heterocycles. The van der Waals surface area contributed by atoms with Crippen LogP contribution in [0.3, 0.4) is 0 Å². The van der Waals surface area contributed by atoms with E-state index in [1.807, 2.05) is 4.90 Å². The third-order valence-electron chi connectivity index (χ3n) is 5.05. The molecule has 1 aromatic carbocycles. The number of piperidine rings is 1. The summed E-state index contributed by atoms with van der Waals surface area (Å²) in [5.41, 5.74) is -0.0419. The number of ether oxygens (including phenoxy) is 1. The Morgan fingerprint density at radius 1 is 1.14 bits per heavy atom. The quantitative estimate of drug-likeness (QED) is 0.623. The molecule has 1 aliphatic rings. The molecular formula is C19H18F3N5O2. The molecule has 1 aliphatic heterocycles. The summed E-state index contributed by atoms with van der Waals surface area (Å²) in [7, 11) is 1.38. The average molecular weight is 405 g/mol. The van der Waals surface area contributed by atoms with E-state index in [1.54, 1.807) is 18.2 Å². The van der Waals surface area contributed by atoms with Gasteiger partial charge in [0.25, 0.3) is 0 Å². The van der Waals surface area contributed by atoms with E-state index in [0.717, 1.165) is 12.1 Å². The first-order valence-corrected chi connectivity index (χ1v) is 9.09. The summed E-state index contributed by atoms with van der Waals surface area (Å²) in [6.07, 6.45) is -3.15. The maximum atomic E-state index is 13.0. The number of rotatable bonds is 3. The van der Waals surface area contributed by atoms with Crippen molar-refractivity contribution in [2.24, 2.45) is 5.92 Å². The number of carbonyl (C=O) groups is 1. The van der Waals surface area contributed by atoms with E-state index >= 15 is 0 Å². The normalized spacial score (nSPS) is 15.7. The van der Waals surface area contributed by atoms with Gasteiger partial charge in [-0.2, -0.15) is 17.7 Å². The molecule has 4 rings (SSSR count). The van der Waals surface area contributed by atoms with Crippen molar-refractivity contribution in [2.75, 3.05) is 25.1 Å². The number of hydrogen-bond acceptors (Lipinski definition) is 6. The second-order valence-electron chi connectivity index (χ2n) is 6.85. The molecular weight excluding hydrogens is 387 g/mol. The second-order valence-corrected chi connectivity index (χ2v) is 6.85. The molecule has 3 heterocycles. The molecule has 0 aliphatic carbocycles. The third-order valence-corrected chi connectivity index (χ3v) is 5.05. The van der Waals surface area contributed by atoms with Gasteiger partial charge in [-0.1, -0.05) is 12.1 Å². The van der Waals surface area contributed by atoms with Crippen molar-refractivity contribution in [2.45, 2.75) is 19.0 Å². The van der Waals surface area contributed by atoms with Crippen LogP contribution in [0.15, 0.2) is 36.4 Å². The van der Waals surface area contributed by atoms with Gasteiger partial charge in [0, 0.05) is 18.7 Å². The van der Waals surface area contributed by atoms with Gasteiger partial charge in [-0.3, -0.25) is 4.79 Å². The van der Waals surface area contributed by atoms with Crippen LogP contribution in [0.4, 0.5) is 19.0 Å². The Morgan fingerprint density at radius 2 is 1.90 bits per heavy atom. The fraction of sp³-hybridized carbons (Fsp3) is 0.368. The number of fused-ring (bicyclic) bond motifs is 1. The van der Waals surface area contributed by atoms with Gasteiger partial charge in [0.15, 0.2) is 11.5 Å². The van der Waals surface area contributed by atoms with Crippen LogP contribution >= 0.6 is 0 Å². The van der Waals surface area contributed by atoms with Crippen LogP contribution in [-0.2, 0) is 15.7 Å². The van der Waals surface area contributed by atoms with E-state index in [0.29, 0.717) is 37.4 Å². The minimum Gasteiger partial charge on any atom is -0.469 e. The first-order valence-electron chi connectivity index (χ1n) is 9.09. The van der Waals surface area contributed by atoms with Crippen LogP contribution in [0.2, 0.25) is 0 Å². The Bertz CT molecular complexity index is 1040. The number of aromatic nitrogens is 4. The van der Waals surface area contributed by atoms with Gasteiger partial charge in [0.1, 0.15) is 5.82 Å². The lowest BCUT2D eigenvalue weighted by atomic mass is 9.97. The van der Waals surface area contributed by atoms with Crippen LogP contribution in [0.25, 0.3) is 17.0 Å². The maximum absolute atomic E-state index is 13.0. The van der Waals surface area contributed by atoms with Crippen molar-refractivity contribution < 1.29 is 22.7 Å². The first-order chi connectivity index (χ1) is 13.9. The molecule has 0 atom stereocenters. The summed E-state index contributed by atoms with van der Waals surface area (Å²) in [6, 6.07) is 8.43. The first kappa shape index (κ1) is 19.2. The average Bonchev–Trinajstić information content (AvgIpc) is 3.16. The monoisotopic (exact) mass is 405 g/mol. The molecule has 0 saturated carbocycles. The van der Waals surface area contributed by atoms with Gasteiger partial charge < -0.3 is 9.64 Å². The summed E-state index contributed by atoms with van der Waals surface area (Å²) in [5.74, 6) is 0.542. The zero-order chi connectivity index (χ0) is 20.6. The predicted octanol–water partition coefficient (Wildman–Crippen LogP) is 3.20. The molecule has 0 N–H and O–H groups in total. The number of alkyl halides is 3. The van der Waals surface area contributed by atoms with Gasteiger partial charge in [0.05, 0.1) is 18.6 Å². The maximum Gasteiger partial charge on any atom is 0.416 e. The number of anilines is 1. The largest absolute Gasteiger partial charge is 0.469 e.